The lowest BCUT2D eigenvalue weighted by atomic mass is 10.3. The maximum atomic E-state index is 8.49. The molecular weight excluding hydrogens is 314 g/mol. The van der Waals surface area contributed by atoms with Crippen molar-refractivity contribution < 1.29 is 33.3 Å². The van der Waals surface area contributed by atoms with Crippen molar-refractivity contribution in [1.82, 2.24) is 19.6 Å². The molecule has 0 N–H and O–H groups in total. The standard InChI is InChI=1S/C12H14N5.ClHO4/c1-7-6-13-11-15-17-9(3)5-8(2)14-12(17)16(11)10(7)4;2-1(3,4)5/h5-6H,1-4H3;(H,2,3,4,5)/q+1;/p-1. The van der Waals surface area contributed by atoms with Crippen molar-refractivity contribution in [2.24, 2.45) is 0 Å². The van der Waals surface area contributed by atoms with E-state index in [2.05, 4.69) is 22.0 Å². The second-order valence-corrected chi connectivity index (χ2v) is 5.55. The van der Waals surface area contributed by atoms with Crippen LogP contribution in [0.4, 0.5) is 0 Å². The molecule has 0 fully saturated rings. The van der Waals surface area contributed by atoms with Crippen molar-refractivity contribution in [3.8, 4) is 0 Å². The van der Waals surface area contributed by atoms with Crippen LogP contribution in [-0.2, 0) is 0 Å². The second-order valence-electron chi connectivity index (χ2n) is 4.79. The van der Waals surface area contributed by atoms with Crippen molar-refractivity contribution in [3.63, 3.8) is 0 Å². The second kappa shape index (κ2) is 5.71. The Hall–Kier alpha value is -1.91. The third kappa shape index (κ3) is 3.46. The van der Waals surface area contributed by atoms with Crippen LogP contribution in [0.3, 0.4) is 0 Å². The molecule has 0 unspecified atom stereocenters. The van der Waals surface area contributed by atoms with Crippen LogP contribution in [-0.4, -0.2) is 19.6 Å². The van der Waals surface area contributed by atoms with Crippen LogP contribution >= 0.6 is 0 Å². The Bertz CT molecular complexity index is 837. The van der Waals surface area contributed by atoms with Crippen molar-refractivity contribution in [2.75, 3.05) is 0 Å². The summed E-state index contributed by atoms with van der Waals surface area (Å²) in [7, 11) is -4.94. The molecule has 118 valence electrons. The molecule has 0 saturated heterocycles. The van der Waals surface area contributed by atoms with Crippen molar-refractivity contribution in [2.45, 2.75) is 27.7 Å². The lowest BCUT2D eigenvalue weighted by molar-refractivity contribution is -2.00. The molecule has 0 aliphatic carbocycles. The number of nitrogens with zero attached hydrogens (tertiary/aromatic N) is 5. The number of fused-ring (bicyclic) bond motifs is 3. The molecule has 0 amide bonds. The molecule has 0 radical (unpaired) electrons. The monoisotopic (exact) mass is 327 g/mol. The van der Waals surface area contributed by atoms with Gasteiger partial charge >= 0.3 is 11.6 Å². The van der Waals surface area contributed by atoms with E-state index in [0.717, 1.165) is 28.4 Å². The van der Waals surface area contributed by atoms with Gasteiger partial charge in [0, 0.05) is 16.7 Å². The molecule has 0 aliphatic heterocycles. The molecule has 0 aliphatic rings. The molecule has 3 aromatic rings. The van der Waals surface area contributed by atoms with Crippen LogP contribution in [0, 0.1) is 37.9 Å². The van der Waals surface area contributed by atoms with E-state index in [4.69, 9.17) is 18.6 Å². The van der Waals surface area contributed by atoms with Gasteiger partial charge in [0.1, 0.15) is 0 Å². The molecule has 0 spiro atoms. The van der Waals surface area contributed by atoms with E-state index in [9.17, 15) is 0 Å². The quantitative estimate of drug-likeness (QED) is 0.388. The van der Waals surface area contributed by atoms with Crippen molar-refractivity contribution in [3.05, 3.63) is 34.9 Å². The van der Waals surface area contributed by atoms with E-state index in [-0.39, 0.29) is 0 Å². The summed E-state index contributed by atoms with van der Waals surface area (Å²) in [4.78, 5) is 8.89. The molecule has 10 heteroatoms. The zero-order valence-corrected chi connectivity index (χ0v) is 13.2. The van der Waals surface area contributed by atoms with Gasteiger partial charge in [-0.3, -0.25) is 0 Å². The summed E-state index contributed by atoms with van der Waals surface area (Å²) in [5, 5.41) is 4.46. The summed E-state index contributed by atoms with van der Waals surface area (Å²) in [5.41, 5.74) is 4.32. The average Bonchev–Trinajstić information content (AvgIpc) is 2.71. The third-order valence-corrected chi connectivity index (χ3v) is 3.09. The first-order chi connectivity index (χ1) is 10.1. The van der Waals surface area contributed by atoms with E-state index in [0.29, 0.717) is 5.78 Å². The fourth-order valence-corrected chi connectivity index (χ4v) is 2.06. The van der Waals surface area contributed by atoms with E-state index in [1.807, 2.05) is 42.0 Å². The largest absolute Gasteiger partial charge is 0.388 e. The molecule has 9 nitrogen and oxygen atoms in total. The Morgan fingerprint density at radius 3 is 2.27 bits per heavy atom. The minimum Gasteiger partial charge on any atom is -0.222 e. The SMILES string of the molecule is Cc1cc(C)n2nc3ncc(C)c(C)[n+]3c2n1.[O-][Cl+3]([O-])([O-])[O-]. The highest BCUT2D eigenvalue weighted by atomic mass is 35.7. The van der Waals surface area contributed by atoms with Gasteiger partial charge in [-0.2, -0.15) is 4.40 Å². The average molecular weight is 328 g/mol. The zero-order valence-electron chi connectivity index (χ0n) is 12.4. The number of aromatic nitrogens is 5. The predicted molar refractivity (Wildman–Crippen MR) is 62.9 cm³/mol. The molecule has 3 rings (SSSR count). The normalized spacial score (nSPS) is 11.6. The fourth-order valence-electron chi connectivity index (χ4n) is 2.06. The molecule has 3 heterocycles. The topological polar surface area (TPSA) is 139 Å². The van der Waals surface area contributed by atoms with Crippen LogP contribution in [0.5, 0.6) is 0 Å². The van der Waals surface area contributed by atoms with Crippen LogP contribution in [0.1, 0.15) is 22.6 Å². The first kappa shape index (κ1) is 16.5. The van der Waals surface area contributed by atoms with Gasteiger partial charge in [-0.25, -0.2) is 18.6 Å². The molecule has 0 atom stereocenters. The number of halogens is 1. The maximum absolute atomic E-state index is 8.49. The summed E-state index contributed by atoms with van der Waals surface area (Å²) in [5.74, 6) is 1.51. The lowest BCUT2D eigenvalue weighted by Gasteiger charge is -2.17. The highest BCUT2D eigenvalue weighted by Crippen LogP contribution is 2.07. The first-order valence-electron chi connectivity index (χ1n) is 6.20. The highest BCUT2D eigenvalue weighted by Gasteiger charge is 2.19. The number of hydrogen-bond donors (Lipinski definition) is 0. The van der Waals surface area contributed by atoms with Crippen LogP contribution in [0.25, 0.3) is 11.6 Å². The van der Waals surface area contributed by atoms with E-state index in [1.54, 1.807) is 0 Å². The van der Waals surface area contributed by atoms with Gasteiger partial charge in [-0.05, 0) is 27.7 Å². The zero-order chi connectivity index (χ0) is 16.7. The van der Waals surface area contributed by atoms with Gasteiger partial charge in [0.05, 0.1) is 23.3 Å². The van der Waals surface area contributed by atoms with Crippen LogP contribution < -0.4 is 23.0 Å². The van der Waals surface area contributed by atoms with E-state index >= 15 is 0 Å². The summed E-state index contributed by atoms with van der Waals surface area (Å²) in [6.07, 6.45) is 1.85. The van der Waals surface area contributed by atoms with Crippen LogP contribution in [0.15, 0.2) is 12.3 Å². The van der Waals surface area contributed by atoms with Gasteiger partial charge in [-0.15, -0.1) is 24.7 Å². The highest BCUT2D eigenvalue weighted by molar-refractivity contribution is 5.33. The smallest absolute Gasteiger partial charge is 0.222 e. The van der Waals surface area contributed by atoms with E-state index in [1.165, 1.54) is 0 Å². The molecule has 3 aromatic heterocycles. The lowest BCUT2D eigenvalue weighted by Crippen LogP contribution is -2.68. The summed E-state index contributed by atoms with van der Waals surface area (Å²) in [6.45, 7) is 8.12. The van der Waals surface area contributed by atoms with Gasteiger partial charge in [0.15, 0.2) is 0 Å². The predicted octanol–water partition coefficient (Wildman–Crippen LogP) is -3.66. The Balaban J connectivity index is 0.000000309. The minimum atomic E-state index is -4.94. The number of hydrogen-bond acceptors (Lipinski definition) is 7. The molecule has 0 aromatic carbocycles. The maximum Gasteiger partial charge on any atom is 0.388 e. The Labute approximate surface area is 127 Å². The fraction of sp³-hybridized carbons (Fsp3) is 0.333. The van der Waals surface area contributed by atoms with Gasteiger partial charge in [0.25, 0.3) is 0 Å². The summed E-state index contributed by atoms with van der Waals surface area (Å²) in [6, 6.07) is 2.02. The van der Waals surface area contributed by atoms with Crippen molar-refractivity contribution in [1.29, 1.82) is 0 Å². The first-order valence-corrected chi connectivity index (χ1v) is 7.44. The third-order valence-electron chi connectivity index (χ3n) is 3.09. The Kier molecular flexibility index (Phi) is 4.27. The Morgan fingerprint density at radius 1 is 1.09 bits per heavy atom. The minimum absolute atomic E-state index is 0.689. The van der Waals surface area contributed by atoms with E-state index < -0.39 is 10.2 Å². The molecular formula is C12H14ClN5O4. The van der Waals surface area contributed by atoms with Gasteiger partial charge in [-0.1, -0.05) is 0 Å². The van der Waals surface area contributed by atoms with Crippen LogP contribution in [0.2, 0.25) is 0 Å². The molecule has 22 heavy (non-hydrogen) atoms. The Morgan fingerprint density at radius 2 is 1.68 bits per heavy atom. The number of aryl methyl sites for hydroxylation is 4. The van der Waals surface area contributed by atoms with Gasteiger partial charge in [0.2, 0.25) is 0 Å². The molecule has 0 bridgehead atoms. The van der Waals surface area contributed by atoms with Crippen molar-refractivity contribution >= 4 is 11.6 Å². The molecule has 0 saturated carbocycles. The summed E-state index contributed by atoms with van der Waals surface area (Å²) >= 11 is 0. The van der Waals surface area contributed by atoms with Gasteiger partial charge < -0.3 is 0 Å². The summed E-state index contributed by atoms with van der Waals surface area (Å²) < 4.78 is 37.8. The number of rotatable bonds is 0.